The Hall–Kier alpha value is -1.50. The van der Waals surface area contributed by atoms with Gasteiger partial charge in [-0.2, -0.15) is 0 Å². The van der Waals surface area contributed by atoms with Crippen LogP contribution in [0.2, 0.25) is 0 Å². The molecule has 0 atom stereocenters. The number of allylic oxidation sites excluding steroid dienone is 3. The van der Waals surface area contributed by atoms with Gasteiger partial charge in [-0.15, -0.1) is 0 Å². The van der Waals surface area contributed by atoms with Gasteiger partial charge in [-0.1, -0.05) is 24.3 Å². The van der Waals surface area contributed by atoms with Crippen LogP contribution in [0.3, 0.4) is 0 Å². The number of fused-ring (bicyclic) bond motifs is 1. The number of rotatable bonds is 0. The van der Waals surface area contributed by atoms with E-state index in [2.05, 4.69) is 25.1 Å². The molecule has 1 nitrogen and oxygen atoms in total. The van der Waals surface area contributed by atoms with E-state index >= 15 is 0 Å². The predicted molar refractivity (Wildman–Crippen MR) is 58.3 cm³/mol. The van der Waals surface area contributed by atoms with Crippen molar-refractivity contribution in [3.8, 4) is 5.75 Å². The molecule has 14 heavy (non-hydrogen) atoms. The average Bonchev–Trinajstić information content (AvgIpc) is 2.27. The van der Waals surface area contributed by atoms with E-state index in [1.54, 1.807) is 0 Å². The highest BCUT2D eigenvalue weighted by atomic mass is 16.5. The molecule has 0 fully saturated rings. The van der Waals surface area contributed by atoms with Gasteiger partial charge < -0.3 is 4.74 Å². The quantitative estimate of drug-likeness (QED) is 0.602. The highest BCUT2D eigenvalue weighted by Gasteiger charge is 2.16. The zero-order valence-corrected chi connectivity index (χ0v) is 8.58. The molecule has 1 aromatic carbocycles. The zero-order valence-electron chi connectivity index (χ0n) is 8.58. The van der Waals surface area contributed by atoms with Gasteiger partial charge >= 0.3 is 0 Å². The molecule has 2 rings (SSSR count). The Kier molecular flexibility index (Phi) is 2.40. The topological polar surface area (TPSA) is 9.23 Å². The van der Waals surface area contributed by atoms with E-state index in [0.717, 1.165) is 17.9 Å². The fourth-order valence-corrected chi connectivity index (χ4v) is 1.71. The maximum atomic E-state index is 5.78. The Morgan fingerprint density at radius 3 is 2.64 bits per heavy atom. The molecule has 0 radical (unpaired) electrons. The minimum absolute atomic E-state index is 0.979. The Morgan fingerprint density at radius 1 is 1.14 bits per heavy atom. The molecule has 0 unspecified atom stereocenters. The molecule has 0 amide bonds. The molecule has 0 aromatic heterocycles. The Balaban J connectivity index is 2.45. The maximum absolute atomic E-state index is 5.78. The summed E-state index contributed by atoms with van der Waals surface area (Å²) in [5, 5.41) is 0. The summed E-state index contributed by atoms with van der Waals surface area (Å²) in [6, 6.07) is 8.19. The monoisotopic (exact) mass is 186 g/mol. The molecular formula is C13H14O. The van der Waals surface area contributed by atoms with Crippen molar-refractivity contribution in [2.45, 2.75) is 20.3 Å². The van der Waals surface area contributed by atoms with Crippen LogP contribution in [0.15, 0.2) is 47.7 Å². The number of para-hydroxylation sites is 1. The molecule has 0 N–H and O–H groups in total. The largest absolute Gasteiger partial charge is 0.457 e. The van der Waals surface area contributed by atoms with Gasteiger partial charge in [0.25, 0.3) is 0 Å². The summed E-state index contributed by atoms with van der Waals surface area (Å²) in [5.41, 5.74) is 2.54. The molecule has 0 aliphatic carbocycles. The Bertz CT molecular complexity index is 360. The van der Waals surface area contributed by atoms with Crippen LogP contribution in [0.4, 0.5) is 0 Å². The van der Waals surface area contributed by atoms with E-state index in [4.69, 9.17) is 4.74 Å². The minimum atomic E-state index is 0.979. The summed E-state index contributed by atoms with van der Waals surface area (Å²) < 4.78 is 5.78. The van der Waals surface area contributed by atoms with E-state index in [-0.39, 0.29) is 0 Å². The van der Waals surface area contributed by atoms with Gasteiger partial charge in [-0.05, 0) is 37.1 Å². The van der Waals surface area contributed by atoms with Gasteiger partial charge in [0, 0.05) is 6.42 Å². The van der Waals surface area contributed by atoms with E-state index in [1.807, 2.05) is 25.1 Å². The molecule has 1 heterocycles. The van der Waals surface area contributed by atoms with Crippen molar-refractivity contribution in [1.82, 2.24) is 0 Å². The normalized spacial score (nSPS) is 20.7. The van der Waals surface area contributed by atoms with Gasteiger partial charge in [-0.3, -0.25) is 0 Å². The summed E-state index contributed by atoms with van der Waals surface area (Å²) in [7, 11) is 0. The summed E-state index contributed by atoms with van der Waals surface area (Å²) in [6.45, 7) is 4.06. The number of ether oxygens (including phenoxy) is 1. The van der Waals surface area contributed by atoms with Crippen LogP contribution in [0, 0.1) is 0 Å². The van der Waals surface area contributed by atoms with Crippen LogP contribution in [0.25, 0.3) is 0 Å². The second-order valence-corrected chi connectivity index (χ2v) is 3.35. The summed E-state index contributed by atoms with van der Waals surface area (Å²) >= 11 is 0. The van der Waals surface area contributed by atoms with Crippen molar-refractivity contribution in [3.05, 3.63) is 53.3 Å². The lowest BCUT2D eigenvalue weighted by Gasteiger charge is -2.21. The van der Waals surface area contributed by atoms with Crippen LogP contribution in [-0.2, 0) is 6.42 Å². The van der Waals surface area contributed by atoms with Crippen LogP contribution in [-0.4, -0.2) is 0 Å². The van der Waals surface area contributed by atoms with Gasteiger partial charge in [0.2, 0.25) is 0 Å². The zero-order chi connectivity index (χ0) is 9.97. The van der Waals surface area contributed by atoms with Crippen molar-refractivity contribution >= 4 is 0 Å². The standard InChI is InChI=1S/C13H14O/c1-3-10-9-11-7-5-6-8-13(11)14-12(10)4-2/h3-8H,9H2,1-2H3. The van der Waals surface area contributed by atoms with Crippen LogP contribution in [0.1, 0.15) is 19.4 Å². The van der Waals surface area contributed by atoms with Crippen molar-refractivity contribution in [1.29, 1.82) is 0 Å². The fourth-order valence-electron chi connectivity index (χ4n) is 1.71. The number of hydrogen-bond donors (Lipinski definition) is 0. The van der Waals surface area contributed by atoms with Crippen molar-refractivity contribution < 1.29 is 4.74 Å². The summed E-state index contributed by atoms with van der Waals surface area (Å²) in [5.74, 6) is 1.98. The van der Waals surface area contributed by atoms with Crippen molar-refractivity contribution in [2.75, 3.05) is 0 Å². The van der Waals surface area contributed by atoms with Gasteiger partial charge in [0.05, 0.1) is 0 Å². The first-order chi connectivity index (χ1) is 6.85. The molecule has 1 aliphatic rings. The van der Waals surface area contributed by atoms with E-state index < -0.39 is 0 Å². The van der Waals surface area contributed by atoms with Gasteiger partial charge in [0.15, 0.2) is 0 Å². The third-order valence-electron chi connectivity index (χ3n) is 2.50. The second kappa shape index (κ2) is 3.70. The smallest absolute Gasteiger partial charge is 0.130 e. The van der Waals surface area contributed by atoms with E-state index in [0.29, 0.717) is 0 Å². The van der Waals surface area contributed by atoms with E-state index in [1.165, 1.54) is 11.1 Å². The lowest BCUT2D eigenvalue weighted by Crippen LogP contribution is -2.09. The highest BCUT2D eigenvalue weighted by molar-refractivity contribution is 5.46. The van der Waals surface area contributed by atoms with Gasteiger partial charge in [0.1, 0.15) is 11.5 Å². The van der Waals surface area contributed by atoms with Crippen LogP contribution in [0.5, 0.6) is 5.75 Å². The Morgan fingerprint density at radius 2 is 1.93 bits per heavy atom. The third kappa shape index (κ3) is 1.46. The molecule has 1 heteroatoms. The molecule has 72 valence electrons. The molecule has 0 saturated heterocycles. The molecule has 1 aromatic rings. The first-order valence-corrected chi connectivity index (χ1v) is 4.92. The molecule has 1 aliphatic heterocycles. The van der Waals surface area contributed by atoms with Gasteiger partial charge in [-0.25, -0.2) is 0 Å². The average molecular weight is 186 g/mol. The molecule has 0 bridgehead atoms. The maximum Gasteiger partial charge on any atom is 0.130 e. The highest BCUT2D eigenvalue weighted by Crippen LogP contribution is 2.31. The minimum Gasteiger partial charge on any atom is -0.457 e. The molecule has 0 saturated carbocycles. The van der Waals surface area contributed by atoms with Crippen molar-refractivity contribution in [2.24, 2.45) is 0 Å². The first-order valence-electron chi connectivity index (χ1n) is 4.92. The lowest BCUT2D eigenvalue weighted by molar-refractivity contribution is 0.413. The SMILES string of the molecule is CC=C1Cc2ccccc2OC1=CC. The molecular weight excluding hydrogens is 172 g/mol. The van der Waals surface area contributed by atoms with Crippen molar-refractivity contribution in [3.63, 3.8) is 0 Å². The lowest BCUT2D eigenvalue weighted by atomic mass is 9.99. The third-order valence-corrected chi connectivity index (χ3v) is 2.50. The number of hydrogen-bond acceptors (Lipinski definition) is 1. The second-order valence-electron chi connectivity index (χ2n) is 3.35. The fraction of sp³-hybridized carbons (Fsp3) is 0.231. The Labute approximate surface area is 84.7 Å². The summed E-state index contributed by atoms with van der Waals surface area (Å²) in [6.07, 6.45) is 5.11. The molecule has 0 spiro atoms. The van der Waals surface area contributed by atoms with E-state index in [9.17, 15) is 0 Å². The van der Waals surface area contributed by atoms with Crippen LogP contribution < -0.4 is 4.74 Å². The predicted octanol–water partition coefficient (Wildman–Crippen LogP) is 3.47. The number of benzene rings is 1. The summed E-state index contributed by atoms with van der Waals surface area (Å²) in [4.78, 5) is 0. The first kappa shape index (κ1) is 9.07. The van der Waals surface area contributed by atoms with Crippen LogP contribution >= 0.6 is 0 Å².